The van der Waals surface area contributed by atoms with Gasteiger partial charge in [-0.15, -0.1) is 0 Å². The second-order valence-corrected chi connectivity index (χ2v) is 8.68. The number of hydrogen-bond acceptors (Lipinski definition) is 3. The molecular weight excluding hydrogens is 356 g/mol. The van der Waals surface area contributed by atoms with E-state index in [1.807, 2.05) is 24.5 Å². The molecule has 0 radical (unpaired) electrons. The minimum absolute atomic E-state index is 0.762. The quantitative estimate of drug-likeness (QED) is 0.376. The average molecular weight is 395 g/mol. The normalized spacial score (nSPS) is 19.2. The van der Waals surface area contributed by atoms with Gasteiger partial charge in [-0.1, -0.05) is 77.3 Å². The molecule has 1 aliphatic carbocycles. The number of aryl methyl sites for hydroxylation is 1. The van der Waals surface area contributed by atoms with Crippen LogP contribution in [0.2, 0.25) is 0 Å². The van der Waals surface area contributed by atoms with Gasteiger partial charge in [0.25, 0.3) is 0 Å². The number of ether oxygens (including phenoxy) is 1. The van der Waals surface area contributed by atoms with E-state index in [9.17, 15) is 0 Å². The molecule has 0 atom stereocenters. The molecule has 1 aliphatic rings. The van der Waals surface area contributed by atoms with Crippen molar-refractivity contribution in [2.75, 3.05) is 6.61 Å². The van der Waals surface area contributed by atoms with Gasteiger partial charge < -0.3 is 4.74 Å². The van der Waals surface area contributed by atoms with Crippen molar-refractivity contribution >= 4 is 0 Å². The number of rotatable bonds is 11. The smallest absolute Gasteiger partial charge is 0.128 e. The Morgan fingerprint density at radius 3 is 2.07 bits per heavy atom. The van der Waals surface area contributed by atoms with E-state index in [4.69, 9.17) is 4.74 Å². The molecule has 2 aromatic rings. The molecule has 158 valence electrons. The van der Waals surface area contributed by atoms with Crippen molar-refractivity contribution in [3.63, 3.8) is 0 Å². The Bertz CT molecular complexity index is 688. The van der Waals surface area contributed by atoms with E-state index in [0.717, 1.165) is 54.0 Å². The summed E-state index contributed by atoms with van der Waals surface area (Å²) >= 11 is 0. The van der Waals surface area contributed by atoms with Crippen molar-refractivity contribution in [2.45, 2.75) is 84.5 Å². The van der Waals surface area contributed by atoms with Crippen LogP contribution in [-0.2, 0) is 6.42 Å². The lowest BCUT2D eigenvalue weighted by Crippen LogP contribution is -2.15. The van der Waals surface area contributed by atoms with Gasteiger partial charge in [0, 0.05) is 24.4 Å². The Morgan fingerprint density at radius 2 is 1.45 bits per heavy atom. The zero-order valence-electron chi connectivity index (χ0n) is 18.4. The largest absolute Gasteiger partial charge is 0.494 e. The summed E-state index contributed by atoms with van der Waals surface area (Å²) in [5.74, 6) is 3.78. The maximum Gasteiger partial charge on any atom is 0.128 e. The molecule has 3 nitrogen and oxygen atoms in total. The number of nitrogens with zero attached hydrogens (tertiary/aromatic N) is 2. The highest BCUT2D eigenvalue weighted by Gasteiger charge is 2.20. The fourth-order valence-electron chi connectivity index (χ4n) is 4.42. The lowest BCUT2D eigenvalue weighted by Gasteiger charge is -2.28. The molecule has 0 aliphatic heterocycles. The van der Waals surface area contributed by atoms with E-state index in [2.05, 4.69) is 35.9 Å². The van der Waals surface area contributed by atoms with Gasteiger partial charge in [0.05, 0.1) is 6.61 Å². The Kier molecular flexibility index (Phi) is 8.98. The van der Waals surface area contributed by atoms with Crippen LogP contribution in [-0.4, -0.2) is 16.6 Å². The van der Waals surface area contributed by atoms with E-state index in [-0.39, 0.29) is 0 Å². The maximum atomic E-state index is 5.65. The summed E-state index contributed by atoms with van der Waals surface area (Å²) in [5.41, 5.74) is 2.21. The molecule has 1 heterocycles. The molecule has 3 heteroatoms. The van der Waals surface area contributed by atoms with Crippen LogP contribution in [0.15, 0.2) is 36.7 Å². The molecule has 1 aromatic heterocycles. The van der Waals surface area contributed by atoms with Crippen molar-refractivity contribution in [1.29, 1.82) is 0 Å². The van der Waals surface area contributed by atoms with Gasteiger partial charge in [0.15, 0.2) is 0 Å². The zero-order valence-corrected chi connectivity index (χ0v) is 18.4. The zero-order chi connectivity index (χ0) is 20.3. The van der Waals surface area contributed by atoms with Crippen molar-refractivity contribution < 1.29 is 4.74 Å². The lowest BCUT2D eigenvalue weighted by molar-refractivity contribution is 0.248. The second-order valence-electron chi connectivity index (χ2n) is 8.68. The fraction of sp³-hybridized carbons (Fsp3) is 0.615. The van der Waals surface area contributed by atoms with Gasteiger partial charge in [0.1, 0.15) is 11.6 Å². The van der Waals surface area contributed by atoms with Crippen LogP contribution in [0.3, 0.4) is 0 Å². The summed E-state index contributed by atoms with van der Waals surface area (Å²) in [7, 11) is 0. The van der Waals surface area contributed by atoms with Crippen LogP contribution in [0.4, 0.5) is 0 Å². The van der Waals surface area contributed by atoms with E-state index in [1.165, 1.54) is 57.8 Å². The molecular formula is C26H38N2O. The third kappa shape index (κ3) is 7.13. The summed E-state index contributed by atoms with van der Waals surface area (Å²) in [5, 5.41) is 0. The number of unbranched alkanes of at least 4 members (excludes halogenated alkanes) is 2. The molecule has 0 unspecified atom stereocenters. The summed E-state index contributed by atoms with van der Waals surface area (Å²) in [6, 6.07) is 8.22. The highest BCUT2D eigenvalue weighted by molar-refractivity contribution is 5.62. The molecule has 0 bridgehead atoms. The van der Waals surface area contributed by atoms with E-state index < -0.39 is 0 Å². The van der Waals surface area contributed by atoms with E-state index >= 15 is 0 Å². The third-order valence-corrected chi connectivity index (χ3v) is 6.32. The molecule has 0 amide bonds. The van der Waals surface area contributed by atoms with Crippen LogP contribution in [0.25, 0.3) is 11.1 Å². The van der Waals surface area contributed by atoms with E-state index in [1.54, 1.807) is 0 Å². The molecule has 3 rings (SSSR count). The first-order valence-electron chi connectivity index (χ1n) is 11.8. The predicted octanol–water partition coefficient (Wildman–Crippen LogP) is 7.25. The number of aromatic nitrogens is 2. The van der Waals surface area contributed by atoms with Crippen LogP contribution >= 0.6 is 0 Å². The molecule has 1 saturated carbocycles. The van der Waals surface area contributed by atoms with Gasteiger partial charge in [-0.25, -0.2) is 9.97 Å². The first-order chi connectivity index (χ1) is 14.3. The molecule has 29 heavy (non-hydrogen) atoms. The molecule has 0 N–H and O–H groups in total. The fourth-order valence-corrected chi connectivity index (χ4v) is 4.42. The van der Waals surface area contributed by atoms with Gasteiger partial charge >= 0.3 is 0 Å². The van der Waals surface area contributed by atoms with Crippen LogP contribution in [0.1, 0.15) is 83.9 Å². The van der Waals surface area contributed by atoms with E-state index in [0.29, 0.717) is 0 Å². The highest BCUT2D eigenvalue weighted by atomic mass is 16.5. The average Bonchev–Trinajstić information content (AvgIpc) is 2.78. The summed E-state index contributed by atoms with van der Waals surface area (Å²) < 4.78 is 5.65. The maximum absolute atomic E-state index is 5.65. The van der Waals surface area contributed by atoms with Gasteiger partial charge in [0.2, 0.25) is 0 Å². The van der Waals surface area contributed by atoms with Crippen LogP contribution < -0.4 is 4.74 Å². The first-order valence-corrected chi connectivity index (χ1v) is 11.8. The Hall–Kier alpha value is -1.90. The minimum Gasteiger partial charge on any atom is -0.494 e. The summed E-state index contributed by atoms with van der Waals surface area (Å²) in [4.78, 5) is 9.27. The Morgan fingerprint density at radius 1 is 0.793 bits per heavy atom. The van der Waals surface area contributed by atoms with Crippen molar-refractivity contribution in [3.8, 4) is 16.9 Å². The number of benzene rings is 1. The molecule has 0 saturated heterocycles. The monoisotopic (exact) mass is 394 g/mol. The van der Waals surface area contributed by atoms with Crippen LogP contribution in [0, 0.1) is 11.8 Å². The van der Waals surface area contributed by atoms with Gasteiger partial charge in [-0.2, -0.15) is 0 Å². The van der Waals surface area contributed by atoms with Gasteiger partial charge in [-0.3, -0.25) is 0 Å². The lowest BCUT2D eigenvalue weighted by atomic mass is 9.78. The standard InChI is InChI=1S/C26H38N2O/c1-3-5-6-7-21-8-10-22(11-9-21)12-17-26-27-19-24(20-28-26)23-13-15-25(16-14-23)29-18-4-2/h13-16,19-22H,3-12,17-18H2,1-2H3/t21-,22-. The summed E-state index contributed by atoms with van der Waals surface area (Å²) in [6.07, 6.45) is 18.5. The predicted molar refractivity (Wildman–Crippen MR) is 121 cm³/mol. The molecule has 0 spiro atoms. The third-order valence-electron chi connectivity index (χ3n) is 6.32. The minimum atomic E-state index is 0.762. The van der Waals surface area contributed by atoms with Crippen molar-refractivity contribution in [2.24, 2.45) is 11.8 Å². The summed E-state index contributed by atoms with van der Waals surface area (Å²) in [6.45, 7) is 5.18. The SMILES string of the molecule is CCCCC[C@H]1CC[C@H](CCc2ncc(-c3ccc(OCCC)cc3)cn2)CC1. The first kappa shape index (κ1) is 21.8. The Balaban J connectivity index is 1.42. The highest BCUT2D eigenvalue weighted by Crippen LogP contribution is 2.34. The molecule has 1 aromatic carbocycles. The second kappa shape index (κ2) is 11.9. The molecule has 1 fully saturated rings. The van der Waals surface area contributed by atoms with Crippen LogP contribution in [0.5, 0.6) is 5.75 Å². The van der Waals surface area contributed by atoms with Crippen molar-refractivity contribution in [3.05, 3.63) is 42.5 Å². The van der Waals surface area contributed by atoms with Gasteiger partial charge in [-0.05, 0) is 42.4 Å². The topological polar surface area (TPSA) is 35.0 Å². The Labute approximate surface area is 177 Å². The van der Waals surface area contributed by atoms with Crippen molar-refractivity contribution in [1.82, 2.24) is 9.97 Å². The number of hydrogen-bond donors (Lipinski definition) is 0.